The van der Waals surface area contributed by atoms with Gasteiger partial charge in [-0.15, -0.1) is 0 Å². The summed E-state index contributed by atoms with van der Waals surface area (Å²) in [5.74, 6) is 0.129. The predicted octanol–water partition coefficient (Wildman–Crippen LogP) is 5.20. The molecule has 3 rings (SSSR count). The van der Waals surface area contributed by atoms with E-state index in [9.17, 15) is 9.90 Å². The average Bonchev–Trinajstić information content (AvgIpc) is 3.12. The van der Waals surface area contributed by atoms with Crippen LogP contribution in [0.25, 0.3) is 5.69 Å². The van der Waals surface area contributed by atoms with Crippen LogP contribution in [0, 0.1) is 0 Å². The molecule has 0 bridgehead atoms. The monoisotopic (exact) mass is 440 g/mol. The average molecular weight is 441 g/mol. The molecule has 4 N–H and O–H groups in total. The Kier molecular flexibility index (Phi) is 7.20. The summed E-state index contributed by atoms with van der Waals surface area (Å²) in [6, 6.07) is 14.2. The summed E-state index contributed by atoms with van der Waals surface area (Å²) >= 11 is 5.97. The molecule has 2 aromatic carbocycles. The lowest BCUT2D eigenvalue weighted by atomic mass is 10.1. The first kappa shape index (κ1) is 22.2. The number of aliphatic carboxylic acids is 1. The Morgan fingerprint density at radius 1 is 1.19 bits per heavy atom. The maximum Gasteiger partial charge on any atom is 0.307 e. The van der Waals surface area contributed by atoms with Gasteiger partial charge in [0, 0.05) is 6.07 Å². The van der Waals surface area contributed by atoms with Crippen LogP contribution in [0.15, 0.2) is 60.9 Å². The molecule has 1 aromatic heterocycles. The van der Waals surface area contributed by atoms with Gasteiger partial charge in [0.05, 0.1) is 28.5 Å². The summed E-state index contributed by atoms with van der Waals surface area (Å²) in [4.78, 5) is 11.1. The summed E-state index contributed by atoms with van der Waals surface area (Å²) in [5.41, 5.74) is 2.75. The van der Waals surface area contributed by atoms with E-state index in [0.717, 1.165) is 30.6 Å². The number of aryl methyl sites for hydroxylation is 1. The minimum atomic E-state index is -0.890. The molecule has 0 saturated carbocycles. The molecule has 31 heavy (non-hydrogen) atoms. The van der Waals surface area contributed by atoms with Crippen LogP contribution in [0.1, 0.15) is 31.0 Å². The largest absolute Gasteiger partial charge is 0.504 e. The third-order valence-corrected chi connectivity index (χ3v) is 4.91. The summed E-state index contributed by atoms with van der Waals surface area (Å²) in [6.07, 6.45) is 2.81. The van der Waals surface area contributed by atoms with Crippen LogP contribution in [-0.2, 0) is 17.6 Å². The van der Waals surface area contributed by atoms with Crippen molar-refractivity contribution in [2.24, 2.45) is 0 Å². The van der Waals surface area contributed by atoms with Gasteiger partial charge in [-0.25, -0.2) is 4.68 Å². The number of para-hydroxylation sites is 1. The van der Waals surface area contributed by atoms with Crippen molar-refractivity contribution in [3.05, 3.63) is 77.2 Å². The number of rotatable bonds is 10. The molecule has 0 radical (unpaired) electrons. The fourth-order valence-electron chi connectivity index (χ4n) is 3.13. The quantitative estimate of drug-likeness (QED) is 0.323. The van der Waals surface area contributed by atoms with Crippen molar-refractivity contribution in [3.8, 4) is 11.4 Å². The van der Waals surface area contributed by atoms with E-state index < -0.39 is 5.97 Å². The molecule has 0 atom stereocenters. The molecule has 3 aromatic rings. The first-order valence-electron chi connectivity index (χ1n) is 9.98. The van der Waals surface area contributed by atoms with Crippen molar-refractivity contribution in [2.45, 2.75) is 32.6 Å². The molecule has 8 heteroatoms. The number of carboxylic acids is 1. The summed E-state index contributed by atoms with van der Waals surface area (Å²) in [6.45, 7) is 6.10. The van der Waals surface area contributed by atoms with E-state index in [1.165, 1.54) is 0 Å². The Balaban J connectivity index is 1.88. The van der Waals surface area contributed by atoms with Crippen LogP contribution >= 0.6 is 11.6 Å². The van der Waals surface area contributed by atoms with Crippen LogP contribution in [0.5, 0.6) is 5.75 Å². The lowest BCUT2D eigenvalue weighted by Gasteiger charge is -2.15. The third-order valence-electron chi connectivity index (χ3n) is 4.61. The van der Waals surface area contributed by atoms with Gasteiger partial charge in [0.1, 0.15) is 11.6 Å². The number of phenolic OH excluding ortho intramolecular Hbond substituents is 1. The molecule has 0 aliphatic carbocycles. The number of aromatic hydroxyl groups is 1. The number of anilines is 2. The molecule has 0 saturated heterocycles. The van der Waals surface area contributed by atoms with Crippen LogP contribution < -0.4 is 10.6 Å². The van der Waals surface area contributed by atoms with Gasteiger partial charge < -0.3 is 20.8 Å². The molecule has 7 nitrogen and oxygen atoms in total. The number of unbranched alkanes of at least 4 members (excludes halogenated alkanes) is 1. The zero-order valence-electron chi connectivity index (χ0n) is 17.2. The zero-order valence-corrected chi connectivity index (χ0v) is 18.0. The van der Waals surface area contributed by atoms with E-state index in [-0.39, 0.29) is 17.2 Å². The smallest absolute Gasteiger partial charge is 0.307 e. The molecular weight excluding hydrogens is 416 g/mol. The standard InChI is InChI=1S/C23H25ClN4O3/c1-3-4-8-17-14-21(26-15(2)25-20-11-6-10-19(24)23(20)31)28(27-17)18-9-5-7-16(12-18)13-22(29)30/h5-7,9-12,14,25-26,31H,2-4,8,13H2,1H3,(H,29,30). The van der Waals surface area contributed by atoms with Gasteiger partial charge in [-0.3, -0.25) is 4.79 Å². The van der Waals surface area contributed by atoms with E-state index >= 15 is 0 Å². The summed E-state index contributed by atoms with van der Waals surface area (Å²) < 4.78 is 1.72. The predicted molar refractivity (Wildman–Crippen MR) is 123 cm³/mol. The summed E-state index contributed by atoms with van der Waals surface area (Å²) in [7, 11) is 0. The number of hydrogen-bond acceptors (Lipinski definition) is 5. The minimum absolute atomic E-state index is 0.0642. The lowest BCUT2D eigenvalue weighted by molar-refractivity contribution is -0.136. The summed E-state index contributed by atoms with van der Waals surface area (Å²) in [5, 5.41) is 30.3. The number of benzene rings is 2. The molecule has 162 valence electrons. The number of halogens is 1. The molecule has 0 aliphatic heterocycles. The lowest BCUT2D eigenvalue weighted by Crippen LogP contribution is -2.12. The molecular formula is C23H25ClN4O3. The van der Waals surface area contributed by atoms with Crippen molar-refractivity contribution in [1.29, 1.82) is 0 Å². The number of carbonyl (C=O) groups is 1. The molecule has 0 fully saturated rings. The number of carboxylic acid groups (broad SMARTS) is 1. The van der Waals surface area contributed by atoms with E-state index in [0.29, 0.717) is 22.9 Å². The second-order valence-electron chi connectivity index (χ2n) is 7.14. The van der Waals surface area contributed by atoms with E-state index in [1.54, 1.807) is 35.0 Å². The number of nitrogens with one attached hydrogen (secondary N) is 2. The fourth-order valence-corrected chi connectivity index (χ4v) is 3.31. The van der Waals surface area contributed by atoms with Crippen LogP contribution in [0.3, 0.4) is 0 Å². The maximum absolute atomic E-state index is 11.1. The van der Waals surface area contributed by atoms with Crippen molar-refractivity contribution in [2.75, 3.05) is 10.6 Å². The van der Waals surface area contributed by atoms with Gasteiger partial charge in [0.15, 0.2) is 5.75 Å². The normalized spacial score (nSPS) is 10.6. The highest BCUT2D eigenvalue weighted by molar-refractivity contribution is 6.32. The highest BCUT2D eigenvalue weighted by Crippen LogP contribution is 2.32. The third kappa shape index (κ3) is 5.79. The van der Waals surface area contributed by atoms with Gasteiger partial charge in [-0.2, -0.15) is 5.10 Å². The maximum atomic E-state index is 11.1. The molecule has 0 aliphatic rings. The Morgan fingerprint density at radius 3 is 2.71 bits per heavy atom. The Labute approximate surface area is 186 Å². The Morgan fingerprint density at radius 2 is 1.97 bits per heavy atom. The van der Waals surface area contributed by atoms with Crippen molar-refractivity contribution in [1.82, 2.24) is 9.78 Å². The Bertz CT molecular complexity index is 1090. The second kappa shape index (κ2) is 10.0. The second-order valence-corrected chi connectivity index (χ2v) is 7.55. The SMILES string of the molecule is C=C(Nc1cccc(Cl)c1O)Nc1cc(CCCC)nn1-c1cccc(CC(=O)O)c1. The highest BCUT2D eigenvalue weighted by Gasteiger charge is 2.13. The van der Waals surface area contributed by atoms with Crippen molar-refractivity contribution in [3.63, 3.8) is 0 Å². The number of phenols is 1. The topological polar surface area (TPSA) is 99.4 Å². The number of hydrogen-bond donors (Lipinski definition) is 4. The van der Waals surface area contributed by atoms with Gasteiger partial charge in [-0.1, -0.05) is 49.7 Å². The van der Waals surface area contributed by atoms with E-state index in [1.807, 2.05) is 18.2 Å². The van der Waals surface area contributed by atoms with Gasteiger partial charge in [0.2, 0.25) is 0 Å². The van der Waals surface area contributed by atoms with Crippen molar-refractivity contribution < 1.29 is 15.0 Å². The Hall–Kier alpha value is -3.45. The van der Waals surface area contributed by atoms with Gasteiger partial charge in [0.25, 0.3) is 0 Å². The van der Waals surface area contributed by atoms with Crippen LogP contribution in [-0.4, -0.2) is 26.0 Å². The highest BCUT2D eigenvalue weighted by atomic mass is 35.5. The molecule has 0 spiro atoms. The van der Waals surface area contributed by atoms with E-state index in [2.05, 4.69) is 24.1 Å². The first-order chi connectivity index (χ1) is 14.9. The van der Waals surface area contributed by atoms with E-state index in [4.69, 9.17) is 21.8 Å². The molecule has 0 unspecified atom stereocenters. The fraction of sp³-hybridized carbons (Fsp3) is 0.217. The van der Waals surface area contributed by atoms with Gasteiger partial charge >= 0.3 is 5.97 Å². The minimum Gasteiger partial charge on any atom is -0.504 e. The number of aromatic nitrogens is 2. The molecule has 0 amide bonds. The van der Waals surface area contributed by atoms with Crippen LogP contribution in [0.2, 0.25) is 5.02 Å². The number of nitrogens with zero attached hydrogens (tertiary/aromatic N) is 2. The molecule has 1 heterocycles. The van der Waals surface area contributed by atoms with Gasteiger partial charge in [-0.05, 0) is 42.7 Å². The van der Waals surface area contributed by atoms with Crippen LogP contribution in [0.4, 0.5) is 11.5 Å². The zero-order chi connectivity index (χ0) is 22.4. The van der Waals surface area contributed by atoms with Crippen molar-refractivity contribution >= 4 is 29.1 Å². The first-order valence-corrected chi connectivity index (χ1v) is 10.4.